The standard InChI is InChI=1S/C26H25N3O9S4/c1-12(2)14(8-17-27(11-20(34)38-4)15-7-13(37-3)5-6-16(15)40-17)21-23(35)28(9-18(30)31)25(41-21)22-24(36)29(10-19(32)33)26(39)42-22/h5-8,12H,9-11H2,1-4H3,(H,30,31)(H,32,33)/b17-8-,21-14-,25-22-. The van der Waals surface area contributed by atoms with Crippen molar-refractivity contribution in [1.29, 1.82) is 0 Å². The molecule has 2 aliphatic rings. The Kier molecular flexibility index (Phi) is 9.50. The number of esters is 1. The minimum absolute atomic E-state index is 0.00847. The van der Waals surface area contributed by atoms with E-state index in [4.69, 9.17) is 21.7 Å². The first-order chi connectivity index (χ1) is 19.9. The molecule has 4 rings (SSSR count). The van der Waals surface area contributed by atoms with Crippen LogP contribution in [0.1, 0.15) is 13.8 Å². The molecule has 2 N–H and O–H groups in total. The number of aromatic nitrogens is 1. The Morgan fingerprint density at radius 1 is 1.02 bits per heavy atom. The third-order valence-corrected chi connectivity index (χ3v) is 10.0. The van der Waals surface area contributed by atoms with Crippen LogP contribution in [0, 0.1) is 5.92 Å². The quantitative estimate of drug-likeness (QED) is 0.297. The minimum atomic E-state index is -1.30. The molecule has 1 saturated heterocycles. The number of ether oxygens (including phenoxy) is 2. The molecule has 1 aromatic carbocycles. The first-order valence-corrected chi connectivity index (χ1v) is 15.1. The molecule has 3 heterocycles. The molecule has 0 radical (unpaired) electrons. The van der Waals surface area contributed by atoms with Gasteiger partial charge in [-0.2, -0.15) is 0 Å². The maximum Gasteiger partial charge on any atom is 0.325 e. The Hall–Kier alpha value is -3.60. The average Bonchev–Trinajstić information content (AvgIpc) is 3.53. The first-order valence-electron chi connectivity index (χ1n) is 12.2. The summed E-state index contributed by atoms with van der Waals surface area (Å²) < 4.78 is 11.5. The second-order valence-corrected chi connectivity index (χ2v) is 12.9. The number of nitrogens with zero attached hydrogens (tertiary/aromatic N) is 3. The van der Waals surface area contributed by atoms with Gasteiger partial charge in [-0.05, 0) is 29.7 Å². The van der Waals surface area contributed by atoms with E-state index in [0.29, 0.717) is 22.0 Å². The van der Waals surface area contributed by atoms with Crippen LogP contribution >= 0.6 is 47.1 Å². The number of thiazole rings is 1. The van der Waals surface area contributed by atoms with Crippen LogP contribution in [0.2, 0.25) is 0 Å². The molecule has 1 amide bonds. The van der Waals surface area contributed by atoms with Crippen molar-refractivity contribution in [1.82, 2.24) is 9.47 Å². The maximum atomic E-state index is 13.7. The van der Waals surface area contributed by atoms with Crippen LogP contribution in [0.5, 0.6) is 5.75 Å². The van der Waals surface area contributed by atoms with Crippen molar-refractivity contribution < 1.29 is 38.9 Å². The lowest BCUT2D eigenvalue weighted by Gasteiger charge is -2.20. The predicted octanol–water partition coefficient (Wildman–Crippen LogP) is 1.49. The zero-order valence-corrected chi connectivity index (χ0v) is 26.0. The highest BCUT2D eigenvalue weighted by molar-refractivity contribution is 8.30. The summed E-state index contributed by atoms with van der Waals surface area (Å²) in [6.45, 7) is 2.23. The second-order valence-electron chi connectivity index (χ2n) is 9.19. The number of anilines is 1. The molecule has 0 spiro atoms. The third-order valence-electron chi connectivity index (χ3n) is 6.13. The number of carboxylic acids is 2. The van der Waals surface area contributed by atoms with Gasteiger partial charge in [0.25, 0.3) is 11.5 Å². The van der Waals surface area contributed by atoms with Gasteiger partial charge in [0.1, 0.15) is 39.3 Å². The summed E-state index contributed by atoms with van der Waals surface area (Å²) in [4.78, 5) is 65.7. The molecule has 12 nitrogen and oxygen atoms in total. The normalized spacial score (nSPS) is 17.7. The Morgan fingerprint density at radius 2 is 1.71 bits per heavy atom. The van der Waals surface area contributed by atoms with E-state index in [2.05, 4.69) is 0 Å². The van der Waals surface area contributed by atoms with Crippen molar-refractivity contribution in [3.63, 3.8) is 0 Å². The van der Waals surface area contributed by atoms with Crippen LogP contribution in [0.25, 0.3) is 10.5 Å². The number of thiocarbonyl (C=S) groups is 1. The van der Waals surface area contributed by atoms with Gasteiger partial charge in [0.05, 0.1) is 29.5 Å². The summed E-state index contributed by atoms with van der Waals surface area (Å²) in [5.41, 5.74) is 0.640. The highest BCUT2D eigenvalue weighted by atomic mass is 32.2. The lowest BCUT2D eigenvalue weighted by molar-refractivity contribution is -0.140. The van der Waals surface area contributed by atoms with Gasteiger partial charge in [-0.3, -0.25) is 33.4 Å². The van der Waals surface area contributed by atoms with Crippen molar-refractivity contribution in [3.05, 3.63) is 48.9 Å². The summed E-state index contributed by atoms with van der Waals surface area (Å²) in [7, 11) is 2.82. The molecule has 222 valence electrons. The molecule has 0 saturated carbocycles. The molecule has 2 aromatic rings. The Balaban J connectivity index is 1.97. The number of methoxy groups -OCH3 is 2. The number of allylic oxidation sites excluding steroid dienone is 1. The van der Waals surface area contributed by atoms with E-state index in [1.807, 2.05) is 19.9 Å². The molecule has 0 aliphatic carbocycles. The number of benzene rings is 1. The second kappa shape index (κ2) is 12.7. The lowest BCUT2D eigenvalue weighted by Crippen LogP contribution is -2.37. The van der Waals surface area contributed by atoms with Crippen LogP contribution in [-0.4, -0.2) is 75.1 Å². The first kappa shape index (κ1) is 31.3. The van der Waals surface area contributed by atoms with Gasteiger partial charge in [0.2, 0.25) is 0 Å². The predicted molar refractivity (Wildman–Crippen MR) is 163 cm³/mol. The summed E-state index contributed by atoms with van der Waals surface area (Å²) in [6.07, 6.45) is 1.77. The number of rotatable bonds is 9. The Bertz CT molecular complexity index is 1720. The van der Waals surface area contributed by atoms with Crippen molar-refractivity contribution >= 4 is 91.4 Å². The van der Waals surface area contributed by atoms with E-state index in [-0.39, 0.29) is 30.9 Å². The monoisotopic (exact) mass is 651 g/mol. The molecule has 16 heteroatoms. The van der Waals surface area contributed by atoms with E-state index in [0.717, 1.165) is 37.5 Å². The van der Waals surface area contributed by atoms with Gasteiger partial charge < -0.3 is 24.6 Å². The topological polar surface area (TPSA) is 156 Å². The fraction of sp³-hybridized carbons (Fsp3) is 0.308. The van der Waals surface area contributed by atoms with Crippen LogP contribution in [0.3, 0.4) is 0 Å². The Labute approximate surface area is 256 Å². The summed E-state index contributed by atoms with van der Waals surface area (Å²) in [5, 5.41) is 19.4. The maximum absolute atomic E-state index is 13.7. The van der Waals surface area contributed by atoms with E-state index < -0.39 is 42.5 Å². The van der Waals surface area contributed by atoms with Gasteiger partial charge in [0, 0.05) is 11.0 Å². The SMILES string of the molecule is COC(=O)CN1/C(=C/C(=c2/s/c(=C3\SC(=S)N(CC(=O)O)C3=O)n(CC(=O)O)c2=O)C(C)C)Sc2ccc(OC)cc21. The van der Waals surface area contributed by atoms with Gasteiger partial charge in [-0.15, -0.1) is 11.3 Å². The summed E-state index contributed by atoms with van der Waals surface area (Å²) in [6, 6.07) is 5.43. The van der Waals surface area contributed by atoms with Gasteiger partial charge >= 0.3 is 17.9 Å². The molecular weight excluding hydrogens is 627 g/mol. The number of carboxylic acid groups (broad SMARTS) is 2. The number of fused-ring (bicyclic) bond motifs is 1. The van der Waals surface area contributed by atoms with Crippen molar-refractivity contribution in [3.8, 4) is 5.75 Å². The number of hydrogen-bond donors (Lipinski definition) is 2. The number of aliphatic carboxylic acids is 2. The third kappa shape index (κ3) is 6.25. The van der Waals surface area contributed by atoms with E-state index >= 15 is 0 Å². The fourth-order valence-electron chi connectivity index (χ4n) is 4.14. The average molecular weight is 652 g/mol. The number of hydrogen-bond acceptors (Lipinski definition) is 12. The van der Waals surface area contributed by atoms with Crippen LogP contribution in [0.15, 0.2) is 39.0 Å². The molecule has 0 bridgehead atoms. The largest absolute Gasteiger partial charge is 0.497 e. The molecule has 0 atom stereocenters. The zero-order valence-electron chi connectivity index (χ0n) is 22.7. The molecule has 42 heavy (non-hydrogen) atoms. The van der Waals surface area contributed by atoms with Crippen molar-refractivity contribution in [2.45, 2.75) is 25.3 Å². The number of amides is 1. The molecule has 1 fully saturated rings. The van der Waals surface area contributed by atoms with Crippen LogP contribution in [0.4, 0.5) is 5.69 Å². The Morgan fingerprint density at radius 3 is 2.31 bits per heavy atom. The van der Waals surface area contributed by atoms with Crippen molar-refractivity contribution in [2.24, 2.45) is 5.92 Å². The summed E-state index contributed by atoms with van der Waals surface area (Å²) in [5.74, 6) is -3.43. The molecule has 2 aliphatic heterocycles. The van der Waals surface area contributed by atoms with E-state index in [1.54, 1.807) is 23.1 Å². The zero-order chi connectivity index (χ0) is 30.9. The molecule has 0 unspecified atom stereocenters. The van der Waals surface area contributed by atoms with Crippen molar-refractivity contribution in [2.75, 3.05) is 32.2 Å². The number of thioether (sulfide) groups is 2. The summed E-state index contributed by atoms with van der Waals surface area (Å²) >= 11 is 8.33. The highest BCUT2D eigenvalue weighted by Gasteiger charge is 2.36. The number of carbonyl (C=O) groups is 4. The lowest BCUT2D eigenvalue weighted by atomic mass is 10.0. The van der Waals surface area contributed by atoms with Crippen LogP contribution < -0.4 is 24.4 Å². The van der Waals surface area contributed by atoms with Gasteiger partial charge in [0.15, 0.2) is 0 Å². The minimum Gasteiger partial charge on any atom is -0.497 e. The van der Waals surface area contributed by atoms with Gasteiger partial charge in [-0.25, -0.2) is 0 Å². The number of carbonyl (C=O) groups excluding carboxylic acids is 2. The van der Waals surface area contributed by atoms with Crippen LogP contribution in [-0.2, 0) is 30.5 Å². The van der Waals surface area contributed by atoms with E-state index in [1.165, 1.54) is 26.0 Å². The smallest absolute Gasteiger partial charge is 0.325 e. The fourth-order valence-corrected chi connectivity index (χ4v) is 7.95. The van der Waals surface area contributed by atoms with Gasteiger partial charge in [-0.1, -0.05) is 49.6 Å². The molecule has 1 aromatic heterocycles. The highest BCUT2D eigenvalue weighted by Crippen LogP contribution is 2.48. The molecular formula is C26H25N3O9S4. The van der Waals surface area contributed by atoms with E-state index in [9.17, 15) is 34.2 Å².